The zero-order valence-electron chi connectivity index (χ0n) is 10.6. The summed E-state index contributed by atoms with van der Waals surface area (Å²) >= 11 is 5.84. The van der Waals surface area contributed by atoms with Crippen molar-refractivity contribution >= 4 is 28.5 Å². The first-order valence-electron chi connectivity index (χ1n) is 6.13. The van der Waals surface area contributed by atoms with E-state index in [1.54, 1.807) is 6.07 Å². The zero-order chi connectivity index (χ0) is 13.8. The number of rotatable bonds is 5. The monoisotopic (exact) mass is 283 g/mol. The maximum Gasteiger partial charge on any atom is 0.221 e. The molecular formula is C13H15ClFN3O. The van der Waals surface area contributed by atoms with Gasteiger partial charge in [0.25, 0.3) is 0 Å². The molecule has 0 aliphatic rings. The maximum atomic E-state index is 13.1. The molecule has 0 aliphatic carbocycles. The third kappa shape index (κ3) is 3.04. The Morgan fingerprint density at radius 3 is 3.00 bits per heavy atom. The van der Waals surface area contributed by atoms with E-state index in [2.05, 4.69) is 10.3 Å². The molecule has 102 valence electrons. The Morgan fingerprint density at radius 2 is 2.32 bits per heavy atom. The van der Waals surface area contributed by atoms with Crippen molar-refractivity contribution in [3.63, 3.8) is 0 Å². The van der Waals surface area contributed by atoms with E-state index in [0.717, 1.165) is 5.52 Å². The summed E-state index contributed by atoms with van der Waals surface area (Å²) in [7, 11) is 0. The fourth-order valence-electron chi connectivity index (χ4n) is 2.00. The van der Waals surface area contributed by atoms with E-state index < -0.39 is 0 Å². The van der Waals surface area contributed by atoms with Crippen LogP contribution in [0.1, 0.15) is 19.2 Å². The average molecular weight is 284 g/mol. The minimum Gasteiger partial charge on any atom is -0.356 e. The van der Waals surface area contributed by atoms with Crippen molar-refractivity contribution < 1.29 is 9.18 Å². The third-order valence-corrected chi connectivity index (χ3v) is 3.08. The Kier molecular flexibility index (Phi) is 4.37. The lowest BCUT2D eigenvalue weighted by molar-refractivity contribution is -0.121. The number of aromatic nitrogens is 2. The molecule has 0 radical (unpaired) electrons. The van der Waals surface area contributed by atoms with Gasteiger partial charge in [0.1, 0.15) is 11.6 Å². The van der Waals surface area contributed by atoms with Crippen molar-refractivity contribution in [1.82, 2.24) is 14.9 Å². The number of fused-ring (bicyclic) bond motifs is 1. The largest absolute Gasteiger partial charge is 0.356 e. The highest BCUT2D eigenvalue weighted by molar-refractivity contribution is 6.16. The molecule has 0 unspecified atom stereocenters. The molecule has 4 nitrogen and oxygen atoms in total. The molecule has 2 rings (SSSR count). The lowest BCUT2D eigenvalue weighted by Gasteiger charge is -2.07. The summed E-state index contributed by atoms with van der Waals surface area (Å²) in [5.74, 6) is 0.520. The van der Waals surface area contributed by atoms with Crippen LogP contribution in [-0.4, -0.2) is 22.0 Å². The van der Waals surface area contributed by atoms with Crippen molar-refractivity contribution in [1.29, 1.82) is 0 Å². The summed E-state index contributed by atoms with van der Waals surface area (Å²) in [4.78, 5) is 15.8. The highest BCUT2D eigenvalue weighted by Gasteiger charge is 2.11. The number of hydrogen-bond acceptors (Lipinski definition) is 2. The highest BCUT2D eigenvalue weighted by atomic mass is 35.5. The normalized spacial score (nSPS) is 10.9. The van der Waals surface area contributed by atoms with Crippen LogP contribution < -0.4 is 5.32 Å². The fraction of sp³-hybridized carbons (Fsp3) is 0.385. The lowest BCUT2D eigenvalue weighted by Crippen LogP contribution is -2.24. The Balaban J connectivity index is 2.27. The van der Waals surface area contributed by atoms with Crippen LogP contribution in [0.15, 0.2) is 18.2 Å². The van der Waals surface area contributed by atoms with Gasteiger partial charge in [0.15, 0.2) is 0 Å². The number of benzene rings is 1. The molecule has 6 heteroatoms. The zero-order valence-corrected chi connectivity index (χ0v) is 11.4. The molecule has 1 heterocycles. The SMILES string of the molecule is CCNC(=O)CCn1c(CCl)nc2cc(F)ccc21. The summed E-state index contributed by atoms with van der Waals surface area (Å²) in [6.07, 6.45) is 0.348. The number of alkyl halides is 1. The summed E-state index contributed by atoms with van der Waals surface area (Å²) in [5.41, 5.74) is 1.35. The number of hydrogen-bond donors (Lipinski definition) is 1. The average Bonchev–Trinajstić information content (AvgIpc) is 2.73. The predicted molar refractivity (Wildman–Crippen MR) is 72.5 cm³/mol. The van der Waals surface area contributed by atoms with Crippen molar-refractivity contribution in [2.24, 2.45) is 0 Å². The van der Waals surface area contributed by atoms with Gasteiger partial charge in [-0.3, -0.25) is 4.79 Å². The van der Waals surface area contributed by atoms with Gasteiger partial charge in [0.05, 0.1) is 16.9 Å². The minimum atomic E-state index is -0.331. The Labute approximate surface area is 115 Å². The standard InChI is InChI=1S/C13H15ClFN3O/c1-2-16-13(19)5-6-18-11-4-3-9(15)7-10(11)17-12(18)8-14/h3-4,7H,2,5-6,8H2,1H3,(H,16,19). The first kappa shape index (κ1) is 13.8. The van der Waals surface area contributed by atoms with Crippen LogP contribution in [0.4, 0.5) is 4.39 Å². The Bertz CT molecular complexity index is 597. The number of halogens is 2. The highest BCUT2D eigenvalue weighted by Crippen LogP contribution is 2.19. The van der Waals surface area contributed by atoms with Crippen LogP contribution in [0.25, 0.3) is 11.0 Å². The van der Waals surface area contributed by atoms with Gasteiger partial charge in [0.2, 0.25) is 5.91 Å². The van der Waals surface area contributed by atoms with Gasteiger partial charge >= 0.3 is 0 Å². The number of aryl methyl sites for hydroxylation is 1. The van der Waals surface area contributed by atoms with Gasteiger partial charge in [-0.1, -0.05) is 0 Å². The van der Waals surface area contributed by atoms with E-state index >= 15 is 0 Å². The van der Waals surface area contributed by atoms with E-state index in [-0.39, 0.29) is 17.6 Å². The second kappa shape index (κ2) is 6.02. The number of carbonyl (C=O) groups excluding carboxylic acids is 1. The second-order valence-electron chi connectivity index (χ2n) is 4.15. The molecule has 1 aromatic heterocycles. The summed E-state index contributed by atoms with van der Waals surface area (Å²) in [5, 5.41) is 2.74. The van der Waals surface area contributed by atoms with E-state index in [1.165, 1.54) is 12.1 Å². The predicted octanol–water partition coefficient (Wildman–Crippen LogP) is 2.44. The second-order valence-corrected chi connectivity index (χ2v) is 4.42. The van der Waals surface area contributed by atoms with Crippen LogP contribution >= 0.6 is 11.6 Å². The van der Waals surface area contributed by atoms with Crippen molar-refractivity contribution in [3.8, 4) is 0 Å². The third-order valence-electron chi connectivity index (χ3n) is 2.85. The molecular weight excluding hydrogens is 269 g/mol. The molecule has 0 atom stereocenters. The first-order chi connectivity index (χ1) is 9.15. The van der Waals surface area contributed by atoms with Crippen molar-refractivity contribution in [2.45, 2.75) is 25.8 Å². The molecule has 19 heavy (non-hydrogen) atoms. The summed E-state index contributed by atoms with van der Waals surface area (Å²) < 4.78 is 15.0. The Morgan fingerprint density at radius 1 is 1.53 bits per heavy atom. The fourth-order valence-corrected chi connectivity index (χ4v) is 2.21. The van der Waals surface area contributed by atoms with E-state index in [4.69, 9.17) is 11.6 Å². The molecule has 2 aromatic rings. The molecule has 0 bridgehead atoms. The quantitative estimate of drug-likeness (QED) is 0.857. The topological polar surface area (TPSA) is 46.9 Å². The molecule has 0 saturated carbocycles. The summed E-state index contributed by atoms with van der Waals surface area (Å²) in [6.45, 7) is 2.96. The van der Waals surface area contributed by atoms with Gasteiger partial charge in [-0.15, -0.1) is 11.6 Å². The number of nitrogens with one attached hydrogen (secondary N) is 1. The molecule has 0 aliphatic heterocycles. The maximum absolute atomic E-state index is 13.1. The first-order valence-corrected chi connectivity index (χ1v) is 6.66. The minimum absolute atomic E-state index is 0.0213. The molecule has 1 aromatic carbocycles. The number of nitrogens with zero attached hydrogens (tertiary/aromatic N) is 2. The van der Waals surface area contributed by atoms with E-state index in [1.807, 2.05) is 11.5 Å². The van der Waals surface area contributed by atoms with Gasteiger partial charge in [0, 0.05) is 25.6 Å². The van der Waals surface area contributed by atoms with E-state index in [9.17, 15) is 9.18 Å². The van der Waals surface area contributed by atoms with Gasteiger partial charge in [-0.05, 0) is 19.1 Å². The molecule has 1 N–H and O–H groups in total. The van der Waals surface area contributed by atoms with Gasteiger partial charge < -0.3 is 9.88 Å². The number of imidazole rings is 1. The van der Waals surface area contributed by atoms with Crippen molar-refractivity contribution in [2.75, 3.05) is 6.54 Å². The van der Waals surface area contributed by atoms with Crippen LogP contribution in [0.3, 0.4) is 0 Å². The smallest absolute Gasteiger partial charge is 0.221 e. The van der Waals surface area contributed by atoms with E-state index in [0.29, 0.717) is 30.9 Å². The molecule has 1 amide bonds. The van der Waals surface area contributed by atoms with Crippen molar-refractivity contribution in [3.05, 3.63) is 29.8 Å². The van der Waals surface area contributed by atoms with Crippen LogP contribution in [0.5, 0.6) is 0 Å². The van der Waals surface area contributed by atoms with Gasteiger partial charge in [-0.25, -0.2) is 9.37 Å². The Hall–Kier alpha value is -1.62. The summed E-state index contributed by atoms with van der Waals surface area (Å²) in [6, 6.07) is 4.41. The molecule has 0 spiro atoms. The van der Waals surface area contributed by atoms with Gasteiger partial charge in [-0.2, -0.15) is 0 Å². The van der Waals surface area contributed by atoms with Crippen LogP contribution in [0.2, 0.25) is 0 Å². The van der Waals surface area contributed by atoms with Crippen LogP contribution in [0, 0.1) is 5.82 Å². The van der Waals surface area contributed by atoms with Crippen LogP contribution in [-0.2, 0) is 17.2 Å². The number of amides is 1. The number of carbonyl (C=O) groups is 1. The molecule has 0 saturated heterocycles. The lowest BCUT2D eigenvalue weighted by atomic mass is 10.3. The molecule has 0 fully saturated rings.